The first-order valence-corrected chi connectivity index (χ1v) is 6.62. The highest BCUT2D eigenvalue weighted by atomic mass is 16.5. The zero-order valence-electron chi connectivity index (χ0n) is 11.0. The van der Waals surface area contributed by atoms with Gasteiger partial charge >= 0.3 is 0 Å². The van der Waals surface area contributed by atoms with E-state index in [1.807, 2.05) is 25.2 Å². The van der Waals surface area contributed by atoms with Crippen molar-refractivity contribution in [1.29, 1.82) is 0 Å². The summed E-state index contributed by atoms with van der Waals surface area (Å²) in [6, 6.07) is 6.18. The van der Waals surface area contributed by atoms with Gasteiger partial charge in [0.05, 0.1) is 5.69 Å². The van der Waals surface area contributed by atoms with Crippen LogP contribution in [0, 0.1) is 5.41 Å². The number of benzene rings is 1. The summed E-state index contributed by atoms with van der Waals surface area (Å²) in [5, 5.41) is 6.20. The fourth-order valence-electron chi connectivity index (χ4n) is 2.88. The van der Waals surface area contributed by atoms with Crippen molar-refractivity contribution >= 4 is 11.6 Å². The molecule has 5 heteroatoms. The predicted molar refractivity (Wildman–Crippen MR) is 73.1 cm³/mol. The Hall–Kier alpha value is -1.59. The number of ether oxygens (including phenoxy) is 1. The van der Waals surface area contributed by atoms with Crippen molar-refractivity contribution in [1.82, 2.24) is 5.32 Å². The fourth-order valence-corrected chi connectivity index (χ4v) is 2.88. The number of fused-ring (bicyclic) bond motifs is 1. The molecule has 5 nitrogen and oxygen atoms in total. The molecule has 1 atom stereocenters. The summed E-state index contributed by atoms with van der Waals surface area (Å²) in [5.74, 6) is 0.626. The zero-order valence-corrected chi connectivity index (χ0v) is 11.0. The van der Waals surface area contributed by atoms with Gasteiger partial charge in [-0.05, 0) is 44.1 Å². The van der Waals surface area contributed by atoms with Gasteiger partial charge < -0.3 is 21.1 Å². The van der Waals surface area contributed by atoms with Crippen molar-refractivity contribution in [2.75, 3.05) is 25.5 Å². The van der Waals surface area contributed by atoms with Crippen molar-refractivity contribution in [3.05, 3.63) is 23.8 Å². The lowest BCUT2D eigenvalue weighted by Crippen LogP contribution is -2.32. The molecular weight excluding hydrogens is 242 g/mol. The maximum absolute atomic E-state index is 11.4. The van der Waals surface area contributed by atoms with Crippen LogP contribution in [-0.4, -0.2) is 26.1 Å². The third kappa shape index (κ3) is 2.09. The van der Waals surface area contributed by atoms with Gasteiger partial charge in [0.15, 0.2) is 6.61 Å². The summed E-state index contributed by atoms with van der Waals surface area (Å²) >= 11 is 0. The van der Waals surface area contributed by atoms with Crippen LogP contribution in [0.15, 0.2) is 18.2 Å². The van der Waals surface area contributed by atoms with Gasteiger partial charge in [-0.3, -0.25) is 4.79 Å². The topological polar surface area (TPSA) is 76.4 Å². The number of anilines is 1. The molecule has 1 aromatic carbocycles. The Morgan fingerprint density at radius 2 is 2.32 bits per heavy atom. The van der Waals surface area contributed by atoms with Gasteiger partial charge in [-0.25, -0.2) is 0 Å². The second kappa shape index (κ2) is 4.51. The highest BCUT2D eigenvalue weighted by molar-refractivity contribution is 5.95. The van der Waals surface area contributed by atoms with E-state index in [2.05, 4.69) is 10.6 Å². The van der Waals surface area contributed by atoms with Crippen molar-refractivity contribution < 1.29 is 9.53 Å². The number of nitrogens with two attached hydrogens (primary N) is 1. The quantitative estimate of drug-likeness (QED) is 0.756. The normalized spacial score (nSPS) is 21.1. The molecule has 1 aromatic rings. The molecule has 1 unspecified atom stereocenters. The summed E-state index contributed by atoms with van der Waals surface area (Å²) in [6.45, 7) is 0.771. The lowest BCUT2D eigenvalue weighted by molar-refractivity contribution is -0.118. The van der Waals surface area contributed by atoms with Crippen LogP contribution in [0.1, 0.15) is 24.4 Å². The maximum atomic E-state index is 11.4. The average Bonchev–Trinajstić information content (AvgIpc) is 3.20. The number of carbonyl (C=O) groups is 1. The molecule has 1 saturated carbocycles. The highest BCUT2D eigenvalue weighted by Crippen LogP contribution is 2.54. The van der Waals surface area contributed by atoms with Gasteiger partial charge in [0.1, 0.15) is 5.75 Å². The second-order valence-corrected chi connectivity index (χ2v) is 5.38. The van der Waals surface area contributed by atoms with E-state index < -0.39 is 0 Å². The fraction of sp³-hybridized carbons (Fsp3) is 0.500. The molecule has 0 saturated heterocycles. The van der Waals surface area contributed by atoms with E-state index in [0.717, 1.165) is 29.8 Å². The predicted octanol–water partition coefficient (Wildman–Crippen LogP) is 1.02. The van der Waals surface area contributed by atoms with E-state index in [9.17, 15) is 4.79 Å². The Morgan fingerprint density at radius 1 is 1.53 bits per heavy atom. The van der Waals surface area contributed by atoms with Crippen LogP contribution in [0.5, 0.6) is 5.75 Å². The summed E-state index contributed by atoms with van der Waals surface area (Å²) < 4.78 is 5.37. The van der Waals surface area contributed by atoms with Crippen LogP contribution in [0.2, 0.25) is 0 Å². The number of amides is 1. The first-order chi connectivity index (χ1) is 9.18. The minimum Gasteiger partial charge on any atom is -0.482 e. The molecule has 19 heavy (non-hydrogen) atoms. The first-order valence-electron chi connectivity index (χ1n) is 6.62. The molecular formula is C14H19N3O2. The monoisotopic (exact) mass is 261 g/mol. The molecule has 102 valence electrons. The molecule has 1 fully saturated rings. The lowest BCUT2D eigenvalue weighted by Gasteiger charge is -2.27. The molecule has 1 amide bonds. The zero-order chi connectivity index (χ0) is 13.5. The minimum atomic E-state index is -0.106. The van der Waals surface area contributed by atoms with E-state index in [4.69, 9.17) is 10.5 Å². The van der Waals surface area contributed by atoms with Gasteiger partial charge in [0.25, 0.3) is 5.91 Å². The Kier molecular flexibility index (Phi) is 2.95. The maximum Gasteiger partial charge on any atom is 0.262 e. The molecule has 0 aromatic heterocycles. The molecule has 1 heterocycles. The molecule has 1 aliphatic carbocycles. The Labute approximate surface area is 112 Å². The molecule has 1 aliphatic heterocycles. The van der Waals surface area contributed by atoms with Gasteiger partial charge in [-0.1, -0.05) is 6.07 Å². The van der Waals surface area contributed by atoms with Crippen LogP contribution in [0.3, 0.4) is 0 Å². The van der Waals surface area contributed by atoms with Crippen molar-refractivity contribution in [3.63, 3.8) is 0 Å². The average molecular weight is 261 g/mol. The summed E-state index contributed by atoms with van der Waals surface area (Å²) in [6.07, 6.45) is 2.30. The number of rotatable bonds is 4. The molecule has 3 rings (SSSR count). The highest BCUT2D eigenvalue weighted by Gasteiger charge is 2.48. The number of hydrogen-bond donors (Lipinski definition) is 3. The third-order valence-electron chi connectivity index (χ3n) is 4.17. The summed E-state index contributed by atoms with van der Waals surface area (Å²) in [7, 11) is 1.95. The molecule has 0 spiro atoms. The standard InChI is InChI=1S/C14H19N3O2/c1-16-13(14(8-15)4-5-14)9-2-3-11-10(6-9)17-12(18)7-19-11/h2-3,6,13,16H,4-5,7-8,15H2,1H3,(H,17,18). The van der Waals surface area contributed by atoms with Crippen LogP contribution in [0.25, 0.3) is 0 Å². The largest absolute Gasteiger partial charge is 0.482 e. The van der Waals surface area contributed by atoms with Gasteiger partial charge in [-0.2, -0.15) is 0 Å². The molecule has 4 N–H and O–H groups in total. The molecule has 2 aliphatic rings. The Balaban J connectivity index is 1.92. The number of carbonyl (C=O) groups excluding carboxylic acids is 1. The summed E-state index contributed by atoms with van der Waals surface area (Å²) in [5.41, 5.74) is 7.98. The third-order valence-corrected chi connectivity index (χ3v) is 4.17. The van der Waals surface area contributed by atoms with E-state index in [1.54, 1.807) is 0 Å². The van der Waals surface area contributed by atoms with E-state index in [-0.39, 0.29) is 24.0 Å². The lowest BCUT2D eigenvalue weighted by atomic mass is 9.89. The van der Waals surface area contributed by atoms with E-state index in [1.165, 1.54) is 0 Å². The van der Waals surface area contributed by atoms with E-state index in [0.29, 0.717) is 6.54 Å². The number of nitrogens with one attached hydrogen (secondary N) is 2. The number of hydrogen-bond acceptors (Lipinski definition) is 4. The van der Waals surface area contributed by atoms with E-state index >= 15 is 0 Å². The van der Waals surface area contributed by atoms with Crippen LogP contribution >= 0.6 is 0 Å². The van der Waals surface area contributed by atoms with Crippen LogP contribution < -0.4 is 21.1 Å². The van der Waals surface area contributed by atoms with Gasteiger partial charge in [0.2, 0.25) is 0 Å². The van der Waals surface area contributed by atoms with Gasteiger partial charge in [0, 0.05) is 11.5 Å². The Bertz CT molecular complexity index is 511. The van der Waals surface area contributed by atoms with Crippen molar-refractivity contribution in [3.8, 4) is 5.75 Å². The van der Waals surface area contributed by atoms with Crippen molar-refractivity contribution in [2.24, 2.45) is 11.1 Å². The Morgan fingerprint density at radius 3 is 2.95 bits per heavy atom. The van der Waals surface area contributed by atoms with Crippen molar-refractivity contribution in [2.45, 2.75) is 18.9 Å². The smallest absolute Gasteiger partial charge is 0.262 e. The van der Waals surface area contributed by atoms with Gasteiger partial charge in [-0.15, -0.1) is 0 Å². The van der Waals surface area contributed by atoms with Crippen LogP contribution in [0.4, 0.5) is 5.69 Å². The first kappa shape index (κ1) is 12.4. The minimum absolute atomic E-state index is 0.0918. The molecule has 0 bridgehead atoms. The summed E-state index contributed by atoms with van der Waals surface area (Å²) in [4.78, 5) is 11.4. The molecule has 0 radical (unpaired) electrons. The second-order valence-electron chi connectivity index (χ2n) is 5.38. The van der Waals surface area contributed by atoms with Crippen LogP contribution in [-0.2, 0) is 4.79 Å². The SMILES string of the molecule is CNC(c1ccc2c(c1)NC(=O)CO2)C1(CN)CC1.